The van der Waals surface area contributed by atoms with Gasteiger partial charge >= 0.3 is 29.6 Å². The summed E-state index contributed by atoms with van der Waals surface area (Å²) in [5.74, 6) is 0. The first-order chi connectivity index (χ1) is 10.8. The quantitative estimate of drug-likeness (QED) is 0.299. The largest absolute Gasteiger partial charge is 1.00 e. The van der Waals surface area contributed by atoms with Gasteiger partial charge in [-0.1, -0.05) is 18.2 Å². The molecule has 0 aromatic carbocycles. The van der Waals surface area contributed by atoms with Gasteiger partial charge in [0.05, 0.1) is 42.3 Å². The minimum atomic E-state index is 0. The summed E-state index contributed by atoms with van der Waals surface area (Å²) in [5.41, 5.74) is 0.822. The zero-order chi connectivity index (χ0) is 17.7. The molecule has 0 aromatic rings. The zero-order valence-corrected chi connectivity index (χ0v) is 19.2. The van der Waals surface area contributed by atoms with Crippen LogP contribution in [0.2, 0.25) is 0 Å². The number of nitrogens with zero attached hydrogens (tertiary/aromatic N) is 1. The van der Waals surface area contributed by atoms with E-state index in [2.05, 4.69) is 54.2 Å². The van der Waals surface area contributed by atoms with Crippen LogP contribution in [0.25, 0.3) is 5.32 Å². The minimum Gasteiger partial charge on any atom is -0.665 e. The van der Waals surface area contributed by atoms with Crippen molar-refractivity contribution in [2.24, 2.45) is 0 Å². The average Bonchev–Trinajstić information content (AvgIpc) is 2.47. The van der Waals surface area contributed by atoms with E-state index in [-0.39, 0.29) is 29.6 Å². The predicted molar refractivity (Wildman–Crippen MR) is 99.4 cm³/mol. The summed E-state index contributed by atoms with van der Waals surface area (Å²) >= 11 is 0. The first kappa shape index (κ1) is 26.1. The van der Waals surface area contributed by atoms with Crippen LogP contribution >= 0.6 is 0 Å². The smallest absolute Gasteiger partial charge is 0.665 e. The van der Waals surface area contributed by atoms with Crippen LogP contribution in [0.15, 0.2) is 36.7 Å². The molecule has 1 aliphatic heterocycles. The van der Waals surface area contributed by atoms with Gasteiger partial charge in [0.15, 0.2) is 0 Å². The third-order valence-corrected chi connectivity index (χ3v) is 3.66. The molecule has 0 amide bonds. The zero-order valence-electron chi connectivity index (χ0n) is 17.2. The van der Waals surface area contributed by atoms with E-state index in [9.17, 15) is 0 Å². The molecule has 5 nitrogen and oxygen atoms in total. The second-order valence-corrected chi connectivity index (χ2v) is 7.19. The maximum Gasteiger partial charge on any atom is 1.00 e. The number of allylic oxidation sites excluding steroid dienone is 3. The molecule has 0 spiro atoms. The molecular formula is C18H40N5Na+4. The van der Waals surface area contributed by atoms with Gasteiger partial charge in [0.1, 0.15) is 39.3 Å². The number of quaternary nitrogens is 4. The molecule has 134 valence electrons. The Balaban J connectivity index is 0. The van der Waals surface area contributed by atoms with Crippen LogP contribution in [0.3, 0.4) is 0 Å². The summed E-state index contributed by atoms with van der Waals surface area (Å²) in [6.45, 7) is 11.4. The van der Waals surface area contributed by atoms with Crippen molar-refractivity contribution in [1.82, 2.24) is 0 Å². The molecule has 0 saturated heterocycles. The molecule has 0 aromatic heterocycles. The molecule has 0 aliphatic carbocycles. The fraction of sp³-hybridized carbons (Fsp3) is 0.667. The fourth-order valence-corrected chi connectivity index (χ4v) is 2.05. The van der Waals surface area contributed by atoms with Crippen molar-refractivity contribution in [2.75, 3.05) is 81.6 Å². The number of rotatable bonds is 9. The Bertz CT molecular complexity index is 336. The van der Waals surface area contributed by atoms with Gasteiger partial charge in [-0.25, -0.2) is 0 Å². The van der Waals surface area contributed by atoms with Gasteiger partial charge in [-0.2, -0.15) is 6.20 Å². The van der Waals surface area contributed by atoms with E-state index in [1.165, 1.54) is 39.3 Å². The van der Waals surface area contributed by atoms with Crippen LogP contribution in [-0.4, -0.2) is 81.6 Å². The van der Waals surface area contributed by atoms with Crippen molar-refractivity contribution in [3.8, 4) is 0 Å². The molecule has 0 fully saturated rings. The molecule has 1 aliphatic rings. The van der Waals surface area contributed by atoms with Crippen molar-refractivity contribution < 1.29 is 49.2 Å². The van der Waals surface area contributed by atoms with E-state index in [1.807, 2.05) is 18.2 Å². The van der Waals surface area contributed by atoms with Crippen LogP contribution in [0.5, 0.6) is 0 Å². The molecule has 1 rings (SSSR count). The van der Waals surface area contributed by atoms with Crippen molar-refractivity contribution in [2.45, 2.75) is 0 Å². The summed E-state index contributed by atoms with van der Waals surface area (Å²) in [4.78, 5) is 6.45. The van der Waals surface area contributed by atoms with Crippen molar-refractivity contribution in [3.63, 3.8) is 0 Å². The van der Waals surface area contributed by atoms with Gasteiger partial charge < -0.3 is 24.9 Å². The van der Waals surface area contributed by atoms with E-state index in [0.717, 1.165) is 5.70 Å². The maximum atomic E-state index is 3.87. The fourth-order valence-electron chi connectivity index (χ4n) is 2.05. The molecule has 0 unspecified atom stereocenters. The van der Waals surface area contributed by atoms with Gasteiger partial charge in [-0.05, 0) is 0 Å². The Kier molecular flexibility index (Phi) is 17.8. The molecule has 0 bridgehead atoms. The van der Waals surface area contributed by atoms with Crippen LogP contribution in [-0.2, 0) is 0 Å². The molecule has 1 heterocycles. The van der Waals surface area contributed by atoms with E-state index in [0.29, 0.717) is 0 Å². The second-order valence-electron chi connectivity index (χ2n) is 7.19. The molecule has 4 N–H and O–H groups in total. The summed E-state index contributed by atoms with van der Waals surface area (Å²) < 4.78 is 0. The van der Waals surface area contributed by atoms with Crippen LogP contribution in [0.4, 0.5) is 0 Å². The first-order valence-electron chi connectivity index (χ1n) is 8.75. The summed E-state index contributed by atoms with van der Waals surface area (Å²) in [7, 11) is 13.5. The Morgan fingerprint density at radius 1 is 0.750 bits per heavy atom. The Morgan fingerprint density at radius 2 is 1.17 bits per heavy atom. The van der Waals surface area contributed by atoms with Crippen molar-refractivity contribution >= 4 is 0 Å². The third-order valence-electron chi connectivity index (χ3n) is 3.66. The Morgan fingerprint density at radius 3 is 1.38 bits per heavy atom. The van der Waals surface area contributed by atoms with Gasteiger partial charge in [0, 0.05) is 0 Å². The second kappa shape index (κ2) is 16.3. The standard InChI is InChI=1S/C12H30N4.C6H6N.Na/c1-13(2)7-10-16(11-8-14(3)4)12-9-15(5)6;1-6-4-2-3-5-7-6;/h7-12H2,1-6H3;2-5H,1H2;/q;-1;+1/p+4. The Hall–Kier alpha value is -0.140. The van der Waals surface area contributed by atoms with Gasteiger partial charge in [0.25, 0.3) is 0 Å². The normalized spacial score (nSPS) is 13.2. The van der Waals surface area contributed by atoms with Crippen molar-refractivity contribution in [1.29, 1.82) is 0 Å². The Labute approximate surface area is 172 Å². The average molecular weight is 350 g/mol. The van der Waals surface area contributed by atoms with Crippen LogP contribution in [0.1, 0.15) is 0 Å². The predicted octanol–water partition coefficient (Wildman–Crippen LogP) is -6.73. The molecule has 0 atom stereocenters. The minimum absolute atomic E-state index is 0. The third kappa shape index (κ3) is 18.2. The summed E-state index contributed by atoms with van der Waals surface area (Å²) in [5, 5.41) is 3.87. The van der Waals surface area contributed by atoms with Gasteiger partial charge in [0.2, 0.25) is 0 Å². The maximum absolute atomic E-state index is 3.87. The molecule has 24 heavy (non-hydrogen) atoms. The first-order valence-corrected chi connectivity index (χ1v) is 8.75. The molecule has 0 saturated carbocycles. The number of hydrogen-bond acceptors (Lipinski definition) is 0. The van der Waals surface area contributed by atoms with E-state index in [4.69, 9.17) is 0 Å². The topological polar surface area (TPSA) is 31.9 Å². The van der Waals surface area contributed by atoms with Gasteiger partial charge in [-0.15, -0.1) is 12.3 Å². The molecular weight excluding hydrogens is 309 g/mol. The number of likely N-dealkylation sites (N-methyl/N-ethyl adjacent to an activating group) is 3. The van der Waals surface area contributed by atoms with Crippen LogP contribution < -0.4 is 49.2 Å². The molecule has 6 heteroatoms. The van der Waals surface area contributed by atoms with E-state index < -0.39 is 0 Å². The summed E-state index contributed by atoms with van der Waals surface area (Å²) in [6, 6.07) is 0. The summed E-state index contributed by atoms with van der Waals surface area (Å²) in [6.07, 6.45) is 7.37. The van der Waals surface area contributed by atoms with Crippen molar-refractivity contribution in [3.05, 3.63) is 42.0 Å². The monoisotopic (exact) mass is 349 g/mol. The SMILES string of the molecule is C=C1C=CC=C[N-]1.C[NH+](C)CC[NH+](CC[NH+](C)C)CC[NH+](C)C.[Na+]. The number of nitrogens with one attached hydrogen (secondary N) is 4. The van der Waals surface area contributed by atoms with Gasteiger partial charge in [-0.3, -0.25) is 0 Å². The number of hydrogen-bond donors (Lipinski definition) is 4. The molecule has 0 radical (unpaired) electrons. The van der Waals surface area contributed by atoms with E-state index in [1.54, 1.807) is 25.8 Å². The van der Waals surface area contributed by atoms with E-state index >= 15 is 0 Å². The van der Waals surface area contributed by atoms with Crippen LogP contribution in [0, 0.1) is 0 Å².